The topological polar surface area (TPSA) is 130 Å². The minimum absolute atomic E-state index is 0.0106. The number of hydrogen-bond acceptors (Lipinski definition) is 10. The van der Waals surface area contributed by atoms with Gasteiger partial charge in [-0.05, 0) is 41.5 Å². The van der Waals surface area contributed by atoms with E-state index in [1.165, 1.54) is 46.8 Å². The Hall–Kier alpha value is -4.51. The second-order valence-corrected chi connectivity index (χ2v) is 8.28. The number of pyridine rings is 1. The highest BCUT2D eigenvalue weighted by Gasteiger charge is 2.26. The number of ketones is 1. The predicted octanol–water partition coefficient (Wildman–Crippen LogP) is 4.08. The van der Waals surface area contributed by atoms with Crippen molar-refractivity contribution in [1.29, 1.82) is 0 Å². The Morgan fingerprint density at radius 1 is 0.838 bits per heavy atom. The number of carbonyl (C=O) groups is 2. The largest absolute Gasteiger partial charge is 0.493 e. The maximum atomic E-state index is 14.0. The van der Waals surface area contributed by atoms with Crippen LogP contribution in [0.3, 0.4) is 0 Å². The number of carbonyl (C=O) groups excluding carboxylic acids is 1. The summed E-state index contributed by atoms with van der Waals surface area (Å²) in [6.45, 7) is 0. The van der Waals surface area contributed by atoms with Crippen LogP contribution in [0.15, 0.2) is 54.2 Å². The minimum Gasteiger partial charge on any atom is -0.493 e. The molecule has 0 saturated carbocycles. The molecule has 1 N–H and O–H groups in total. The zero-order valence-corrected chi connectivity index (χ0v) is 21.3. The first-order valence-electron chi connectivity index (χ1n) is 10.9. The Bertz CT molecular complexity index is 1490. The second kappa shape index (κ2) is 11.0. The van der Waals surface area contributed by atoms with Crippen LogP contribution in [0, 0.1) is 0 Å². The van der Waals surface area contributed by atoms with Gasteiger partial charge in [0.2, 0.25) is 11.6 Å². The fourth-order valence-corrected chi connectivity index (χ4v) is 4.43. The zero-order chi connectivity index (χ0) is 26.5. The molecule has 4 rings (SSSR count). The molecule has 4 aromatic rings. The standard InChI is InChI=1S/C26H23N3O7S/c1-33-20-12-16(13-21(34-2)25(20)36-4)24(30)17(9-14-7-8-27-22(10-14)35-3)23(26(31)32)15-5-6-18-19(11-15)29-37-28-18/h5-8,10-13H,9H2,1-4H3,(H,31,32). The average molecular weight is 522 g/mol. The molecule has 11 heteroatoms. The molecule has 2 aromatic heterocycles. The smallest absolute Gasteiger partial charge is 0.336 e. The van der Waals surface area contributed by atoms with E-state index in [4.69, 9.17) is 18.9 Å². The third-order valence-corrected chi connectivity index (χ3v) is 6.21. The number of allylic oxidation sites excluding steroid dienone is 1. The average Bonchev–Trinajstić information content (AvgIpc) is 3.39. The molecule has 0 aliphatic carbocycles. The van der Waals surface area contributed by atoms with Gasteiger partial charge in [-0.1, -0.05) is 6.07 Å². The molecule has 0 unspecified atom stereocenters. The van der Waals surface area contributed by atoms with Crippen LogP contribution in [0.25, 0.3) is 16.6 Å². The first kappa shape index (κ1) is 25.6. The van der Waals surface area contributed by atoms with E-state index in [2.05, 4.69) is 13.7 Å². The lowest BCUT2D eigenvalue weighted by molar-refractivity contribution is -0.130. The number of methoxy groups -OCH3 is 4. The van der Waals surface area contributed by atoms with Crippen LogP contribution in [-0.4, -0.2) is 59.0 Å². The summed E-state index contributed by atoms with van der Waals surface area (Å²) in [7, 11) is 5.80. The third-order valence-electron chi connectivity index (χ3n) is 5.65. The molecule has 0 bridgehead atoms. The predicted molar refractivity (Wildman–Crippen MR) is 137 cm³/mol. The quantitative estimate of drug-likeness (QED) is 0.241. The van der Waals surface area contributed by atoms with Crippen LogP contribution in [0.4, 0.5) is 0 Å². The SMILES string of the molecule is COc1cc(CC(C(=O)c2cc(OC)c(OC)c(OC)c2)=C(C(=O)O)c2ccc3nsnc3c2)ccn1. The highest BCUT2D eigenvalue weighted by atomic mass is 32.1. The molecule has 0 saturated heterocycles. The summed E-state index contributed by atoms with van der Waals surface area (Å²) in [4.78, 5) is 30.8. The maximum absolute atomic E-state index is 14.0. The van der Waals surface area contributed by atoms with Crippen molar-refractivity contribution in [2.45, 2.75) is 6.42 Å². The zero-order valence-electron chi connectivity index (χ0n) is 20.5. The molecular weight excluding hydrogens is 498 g/mol. The van der Waals surface area contributed by atoms with Gasteiger partial charge >= 0.3 is 5.97 Å². The van der Waals surface area contributed by atoms with Gasteiger partial charge in [0.25, 0.3) is 0 Å². The first-order valence-corrected chi connectivity index (χ1v) is 11.7. The number of aliphatic carboxylic acids is 1. The van der Waals surface area contributed by atoms with E-state index in [1.54, 1.807) is 30.3 Å². The summed E-state index contributed by atoms with van der Waals surface area (Å²) in [5.41, 5.74) is 2.17. The molecule has 0 atom stereocenters. The van der Waals surface area contributed by atoms with Crippen molar-refractivity contribution in [3.63, 3.8) is 0 Å². The first-order chi connectivity index (χ1) is 17.9. The number of ether oxygens (including phenoxy) is 4. The van der Waals surface area contributed by atoms with Gasteiger partial charge in [0.1, 0.15) is 11.0 Å². The molecular formula is C26H23N3O7S. The van der Waals surface area contributed by atoms with Crippen molar-refractivity contribution < 1.29 is 33.6 Å². The monoisotopic (exact) mass is 521 g/mol. The van der Waals surface area contributed by atoms with Crippen LogP contribution < -0.4 is 18.9 Å². The Balaban J connectivity index is 1.95. The number of nitrogens with zero attached hydrogens (tertiary/aromatic N) is 3. The van der Waals surface area contributed by atoms with Crippen molar-refractivity contribution >= 4 is 40.1 Å². The number of rotatable bonds is 10. The number of fused-ring (bicyclic) bond motifs is 1. The highest BCUT2D eigenvalue weighted by molar-refractivity contribution is 7.00. The number of benzene rings is 2. The van der Waals surface area contributed by atoms with Gasteiger partial charge in [-0.2, -0.15) is 8.75 Å². The Labute approximate surface area is 216 Å². The van der Waals surface area contributed by atoms with E-state index in [9.17, 15) is 14.7 Å². The van der Waals surface area contributed by atoms with E-state index >= 15 is 0 Å². The van der Waals surface area contributed by atoms with Gasteiger partial charge in [0.15, 0.2) is 17.3 Å². The third kappa shape index (κ3) is 5.21. The van der Waals surface area contributed by atoms with Crippen molar-refractivity contribution in [2.75, 3.05) is 28.4 Å². The van der Waals surface area contributed by atoms with Gasteiger partial charge in [-0.15, -0.1) is 0 Å². The lowest BCUT2D eigenvalue weighted by atomic mass is 9.89. The number of aromatic nitrogens is 3. The Morgan fingerprint density at radius 3 is 2.16 bits per heavy atom. The lowest BCUT2D eigenvalue weighted by Crippen LogP contribution is -2.14. The Morgan fingerprint density at radius 2 is 1.54 bits per heavy atom. The summed E-state index contributed by atoms with van der Waals surface area (Å²) in [6.07, 6.45) is 1.52. The fourth-order valence-electron chi connectivity index (χ4n) is 3.91. The normalized spacial score (nSPS) is 11.6. The van der Waals surface area contributed by atoms with Crippen LogP contribution in [-0.2, 0) is 11.2 Å². The van der Waals surface area contributed by atoms with Crippen LogP contribution in [0.5, 0.6) is 23.1 Å². The molecule has 2 aromatic carbocycles. The number of hydrogen-bond donors (Lipinski definition) is 1. The summed E-state index contributed by atoms with van der Waals surface area (Å²) < 4.78 is 29.8. The van der Waals surface area contributed by atoms with E-state index in [0.29, 0.717) is 33.8 Å². The molecule has 0 radical (unpaired) electrons. The number of Topliss-reactive ketones (excluding diaryl/α,β-unsaturated/α-hetero) is 1. The molecule has 0 aliphatic heterocycles. The summed E-state index contributed by atoms with van der Waals surface area (Å²) >= 11 is 1.02. The van der Waals surface area contributed by atoms with E-state index in [1.807, 2.05) is 0 Å². The van der Waals surface area contributed by atoms with Gasteiger partial charge in [0.05, 0.1) is 45.7 Å². The highest BCUT2D eigenvalue weighted by Crippen LogP contribution is 2.39. The van der Waals surface area contributed by atoms with E-state index in [-0.39, 0.29) is 34.6 Å². The number of carboxylic acid groups (broad SMARTS) is 1. The van der Waals surface area contributed by atoms with E-state index in [0.717, 1.165) is 11.7 Å². The summed E-state index contributed by atoms with van der Waals surface area (Å²) in [6, 6.07) is 11.2. The van der Waals surface area contributed by atoms with E-state index < -0.39 is 11.8 Å². The van der Waals surface area contributed by atoms with Crippen LogP contribution in [0.1, 0.15) is 21.5 Å². The molecule has 190 valence electrons. The van der Waals surface area contributed by atoms with Crippen molar-refractivity contribution in [2.24, 2.45) is 0 Å². The van der Waals surface area contributed by atoms with Gasteiger partial charge < -0.3 is 24.1 Å². The van der Waals surface area contributed by atoms with Crippen molar-refractivity contribution in [1.82, 2.24) is 13.7 Å². The summed E-state index contributed by atoms with van der Waals surface area (Å²) in [5.74, 6) is -0.609. The maximum Gasteiger partial charge on any atom is 0.336 e. The molecule has 0 fully saturated rings. The van der Waals surface area contributed by atoms with Gasteiger partial charge in [-0.3, -0.25) is 4.79 Å². The molecule has 0 aliphatic rings. The minimum atomic E-state index is -1.26. The second-order valence-electron chi connectivity index (χ2n) is 7.75. The van der Waals surface area contributed by atoms with Gasteiger partial charge in [-0.25, -0.2) is 9.78 Å². The molecule has 10 nitrogen and oxygen atoms in total. The fraction of sp³-hybridized carbons (Fsp3) is 0.192. The Kier molecular flexibility index (Phi) is 7.63. The van der Waals surface area contributed by atoms with Gasteiger partial charge in [0, 0.05) is 29.8 Å². The molecule has 2 heterocycles. The lowest BCUT2D eigenvalue weighted by Gasteiger charge is -2.16. The summed E-state index contributed by atoms with van der Waals surface area (Å²) in [5, 5.41) is 10.3. The molecule has 37 heavy (non-hydrogen) atoms. The number of carboxylic acids is 1. The molecule has 0 amide bonds. The van der Waals surface area contributed by atoms with Crippen molar-refractivity contribution in [3.8, 4) is 23.1 Å². The van der Waals surface area contributed by atoms with Crippen LogP contribution >= 0.6 is 11.7 Å². The molecule has 0 spiro atoms. The van der Waals surface area contributed by atoms with Crippen molar-refractivity contribution in [3.05, 3.63) is 70.9 Å². The van der Waals surface area contributed by atoms with Crippen LogP contribution in [0.2, 0.25) is 0 Å².